The fourth-order valence-electron chi connectivity index (χ4n) is 3.59. The van der Waals surface area contributed by atoms with Crippen LogP contribution in [0, 0.1) is 13.8 Å². The predicted molar refractivity (Wildman–Crippen MR) is 139 cm³/mol. The highest BCUT2D eigenvalue weighted by Crippen LogP contribution is 2.41. The number of nitrogens with zero attached hydrogens (tertiary/aromatic N) is 3. The van der Waals surface area contributed by atoms with Crippen LogP contribution in [0.1, 0.15) is 16.7 Å². The van der Waals surface area contributed by atoms with Crippen molar-refractivity contribution in [2.75, 3.05) is 5.32 Å². The van der Waals surface area contributed by atoms with Crippen LogP contribution < -0.4 is 5.32 Å². The Bertz CT molecular complexity index is 1350. The van der Waals surface area contributed by atoms with E-state index in [0.29, 0.717) is 17.3 Å². The van der Waals surface area contributed by atoms with Gasteiger partial charge in [-0.2, -0.15) is 0 Å². The Morgan fingerprint density at radius 2 is 1.81 bits per heavy atom. The highest BCUT2D eigenvalue weighted by atomic mass is 79.9. The van der Waals surface area contributed by atoms with Gasteiger partial charge in [0.15, 0.2) is 5.69 Å². The third-order valence-electron chi connectivity index (χ3n) is 5.21. The van der Waals surface area contributed by atoms with Gasteiger partial charge in [-0.15, -0.1) is 10.2 Å². The maximum absolute atomic E-state index is 11.0. The second-order valence-corrected chi connectivity index (χ2v) is 9.12. The van der Waals surface area contributed by atoms with Crippen LogP contribution in [-0.2, 0) is 6.54 Å². The van der Waals surface area contributed by atoms with E-state index in [9.17, 15) is 5.11 Å². The summed E-state index contributed by atoms with van der Waals surface area (Å²) in [6.45, 7) is 4.39. The fraction of sp³-hybridized carbons (Fsp3) is 0.125. The van der Waals surface area contributed by atoms with Gasteiger partial charge >= 0.3 is 0 Å². The van der Waals surface area contributed by atoms with Gasteiger partial charge in [-0.3, -0.25) is 0 Å². The summed E-state index contributed by atoms with van der Waals surface area (Å²) in [5, 5.41) is 24.3. The van der Waals surface area contributed by atoms with Crippen LogP contribution in [-0.4, -0.2) is 14.8 Å². The molecule has 32 heavy (non-hydrogen) atoms. The quantitative estimate of drug-likeness (QED) is 0.209. The number of halogens is 2. The second-order valence-electron chi connectivity index (χ2n) is 7.41. The number of thiocarbonyl (C=S) groups is 1. The van der Waals surface area contributed by atoms with Gasteiger partial charge in [-0.05, 0) is 67.0 Å². The first kappa shape index (κ1) is 22.5. The number of rotatable bonds is 4. The minimum Gasteiger partial charge on any atom is -0.493 e. The van der Waals surface area contributed by atoms with E-state index in [1.165, 1.54) is 0 Å². The molecule has 0 spiro atoms. The number of aromatic nitrogens is 1. The van der Waals surface area contributed by atoms with Gasteiger partial charge in [0.2, 0.25) is 11.0 Å². The second kappa shape index (κ2) is 9.40. The fourth-order valence-corrected chi connectivity index (χ4v) is 4.29. The number of azo groups is 1. The third kappa shape index (κ3) is 4.55. The topological polar surface area (TPSA) is 61.9 Å². The minimum absolute atomic E-state index is 0.00311. The molecule has 0 aliphatic carbocycles. The molecule has 1 aromatic heterocycles. The molecule has 4 rings (SSSR count). The van der Waals surface area contributed by atoms with Crippen molar-refractivity contribution in [1.82, 2.24) is 4.57 Å². The van der Waals surface area contributed by atoms with Crippen LogP contribution in [0.15, 0.2) is 75.4 Å². The molecule has 0 fully saturated rings. The normalized spacial score (nSPS) is 11.4. The Hall–Kier alpha value is -2.74. The largest absolute Gasteiger partial charge is 0.493 e. The number of hydrogen-bond acceptors (Lipinski definition) is 3. The third-order valence-corrected chi connectivity index (χ3v) is 6.26. The minimum atomic E-state index is -0.00311. The number of hydrogen-bond donors (Lipinski definition) is 2. The van der Waals surface area contributed by atoms with Gasteiger partial charge in [0, 0.05) is 20.6 Å². The maximum Gasteiger partial charge on any atom is 0.221 e. The zero-order chi connectivity index (χ0) is 22.8. The molecule has 8 heteroatoms. The molecule has 0 radical (unpaired) electrons. The molecule has 0 saturated heterocycles. The molecule has 0 saturated carbocycles. The molecule has 5 nitrogen and oxygen atoms in total. The molecular weight excluding hydrogens is 508 g/mol. The average Bonchev–Trinajstić information content (AvgIpc) is 3.01. The molecule has 0 atom stereocenters. The number of fused-ring (bicyclic) bond motifs is 1. The molecule has 1 heterocycles. The number of para-hydroxylation sites is 1. The molecule has 0 aliphatic rings. The van der Waals surface area contributed by atoms with Gasteiger partial charge in [-0.1, -0.05) is 63.9 Å². The van der Waals surface area contributed by atoms with E-state index in [1.54, 1.807) is 4.57 Å². The Balaban J connectivity index is 1.71. The lowest BCUT2D eigenvalue weighted by atomic mass is 10.1. The predicted octanol–water partition coefficient (Wildman–Crippen LogP) is 7.91. The first-order valence-electron chi connectivity index (χ1n) is 9.88. The molecule has 162 valence electrons. The molecule has 0 aliphatic heterocycles. The highest BCUT2D eigenvalue weighted by Gasteiger charge is 2.18. The summed E-state index contributed by atoms with van der Waals surface area (Å²) in [5.74, 6) is -0.00311. The molecule has 0 bridgehead atoms. The monoisotopic (exact) mass is 526 g/mol. The van der Waals surface area contributed by atoms with Crippen molar-refractivity contribution in [3.05, 3.63) is 86.8 Å². The molecule has 3 aromatic carbocycles. The van der Waals surface area contributed by atoms with E-state index in [2.05, 4.69) is 31.5 Å². The molecule has 0 unspecified atom stereocenters. The van der Waals surface area contributed by atoms with Gasteiger partial charge in [-0.25, -0.2) is 0 Å². The number of aromatic hydroxyl groups is 1. The van der Waals surface area contributed by atoms with Gasteiger partial charge in [0.1, 0.15) is 0 Å². The summed E-state index contributed by atoms with van der Waals surface area (Å²) in [5.41, 5.74) is 5.08. The van der Waals surface area contributed by atoms with Crippen LogP contribution in [0.3, 0.4) is 0 Å². The van der Waals surface area contributed by atoms with E-state index in [4.69, 9.17) is 23.8 Å². The zero-order valence-corrected chi connectivity index (χ0v) is 20.6. The van der Waals surface area contributed by atoms with Crippen molar-refractivity contribution in [2.24, 2.45) is 10.2 Å². The summed E-state index contributed by atoms with van der Waals surface area (Å²) < 4.78 is 2.63. The maximum atomic E-state index is 11.0. The number of aryl methyl sites for hydroxylation is 2. The SMILES string of the molecule is Cc1cccc(C)c1NC(=S)N=Nc1c(O)n(Cc2ccccc2Cl)c2ccc(Br)cc12. The molecule has 2 N–H and O–H groups in total. The van der Waals surface area contributed by atoms with Crippen LogP contribution in [0.25, 0.3) is 10.9 Å². The van der Waals surface area contributed by atoms with Crippen molar-refractivity contribution < 1.29 is 5.11 Å². The van der Waals surface area contributed by atoms with Crippen molar-refractivity contribution in [3.8, 4) is 5.88 Å². The summed E-state index contributed by atoms with van der Waals surface area (Å²) in [6, 6.07) is 19.3. The van der Waals surface area contributed by atoms with E-state index in [-0.39, 0.29) is 11.0 Å². The summed E-state index contributed by atoms with van der Waals surface area (Å²) in [6.07, 6.45) is 0. The lowest BCUT2D eigenvalue weighted by Gasteiger charge is -2.10. The van der Waals surface area contributed by atoms with E-state index in [0.717, 1.165) is 37.8 Å². The first-order valence-corrected chi connectivity index (χ1v) is 11.5. The number of benzene rings is 3. The summed E-state index contributed by atoms with van der Waals surface area (Å²) in [4.78, 5) is 0. The van der Waals surface area contributed by atoms with Gasteiger partial charge < -0.3 is 15.0 Å². The van der Waals surface area contributed by atoms with Crippen molar-refractivity contribution in [1.29, 1.82) is 0 Å². The molecular formula is C24H20BrClN4OS. The molecule has 4 aromatic rings. The average molecular weight is 528 g/mol. The van der Waals surface area contributed by atoms with Gasteiger partial charge in [0.25, 0.3) is 0 Å². The van der Waals surface area contributed by atoms with Gasteiger partial charge in [0.05, 0.1) is 12.1 Å². The van der Waals surface area contributed by atoms with Crippen molar-refractivity contribution in [2.45, 2.75) is 20.4 Å². The van der Waals surface area contributed by atoms with E-state index < -0.39 is 0 Å². The Morgan fingerprint density at radius 3 is 2.53 bits per heavy atom. The Kier molecular flexibility index (Phi) is 6.60. The smallest absolute Gasteiger partial charge is 0.221 e. The van der Waals surface area contributed by atoms with Crippen LogP contribution in [0.4, 0.5) is 11.4 Å². The molecule has 0 amide bonds. The van der Waals surface area contributed by atoms with E-state index in [1.807, 2.05) is 74.5 Å². The first-order chi connectivity index (χ1) is 15.3. The number of nitrogens with one attached hydrogen (secondary N) is 1. The van der Waals surface area contributed by atoms with E-state index >= 15 is 0 Å². The summed E-state index contributed by atoms with van der Waals surface area (Å²) >= 11 is 15.2. The Labute approximate surface area is 204 Å². The van der Waals surface area contributed by atoms with Crippen LogP contribution >= 0.6 is 39.7 Å². The lowest BCUT2D eigenvalue weighted by Crippen LogP contribution is -2.07. The Morgan fingerprint density at radius 1 is 1.09 bits per heavy atom. The summed E-state index contributed by atoms with van der Waals surface area (Å²) in [7, 11) is 0. The zero-order valence-electron chi connectivity index (χ0n) is 17.4. The van der Waals surface area contributed by atoms with Crippen molar-refractivity contribution >= 4 is 67.1 Å². The highest BCUT2D eigenvalue weighted by molar-refractivity contribution is 9.10. The number of anilines is 1. The van der Waals surface area contributed by atoms with Crippen molar-refractivity contribution in [3.63, 3.8) is 0 Å². The lowest BCUT2D eigenvalue weighted by molar-refractivity contribution is 0.429. The van der Waals surface area contributed by atoms with Crippen LogP contribution in [0.5, 0.6) is 5.88 Å². The van der Waals surface area contributed by atoms with Crippen LogP contribution in [0.2, 0.25) is 5.02 Å². The standard InChI is InChI=1S/C24H20BrClN4OS/c1-14-6-5-7-15(2)21(14)27-24(32)29-28-22-18-12-17(25)10-11-20(18)30(23(22)31)13-16-8-3-4-9-19(16)26/h3-12,31H,13H2,1-2H3,(H,27,32).